The molecule has 10 heteroatoms. The number of nitro groups is 1. The number of rotatable bonds is 6. The molecule has 26 heavy (non-hydrogen) atoms. The van der Waals surface area contributed by atoms with E-state index in [1.165, 1.54) is 26.4 Å². The lowest BCUT2D eigenvalue weighted by molar-refractivity contribution is -0.385. The Kier molecular flexibility index (Phi) is 5.68. The van der Waals surface area contributed by atoms with E-state index < -0.39 is 16.7 Å². The van der Waals surface area contributed by atoms with Crippen LogP contribution < -0.4 is 14.8 Å². The molecule has 1 aromatic carbocycles. The number of benzene rings is 1. The molecule has 1 heterocycles. The Bertz CT molecular complexity index is 849. The quantitative estimate of drug-likeness (QED) is 0.199. The third-order valence-corrected chi connectivity index (χ3v) is 3.85. The third kappa shape index (κ3) is 3.54. The fourth-order valence-corrected chi connectivity index (χ4v) is 2.55. The Morgan fingerprint density at radius 1 is 1.31 bits per heavy atom. The van der Waals surface area contributed by atoms with Crippen LogP contribution >= 0.6 is 12.2 Å². The summed E-state index contributed by atoms with van der Waals surface area (Å²) in [5.74, 6) is -1.06. The van der Waals surface area contributed by atoms with Gasteiger partial charge < -0.3 is 9.47 Å². The van der Waals surface area contributed by atoms with E-state index in [2.05, 4.69) is 11.9 Å². The summed E-state index contributed by atoms with van der Waals surface area (Å²) in [6.07, 6.45) is 2.56. The number of nitrogens with one attached hydrogen (secondary N) is 1. The number of carbonyl (C=O) groups excluding carboxylic acids is 2. The first-order valence-corrected chi connectivity index (χ1v) is 7.65. The molecule has 0 saturated carbocycles. The summed E-state index contributed by atoms with van der Waals surface area (Å²) in [5, 5.41) is 13.7. The molecule has 1 N–H and O–H groups in total. The highest BCUT2D eigenvalue weighted by Crippen LogP contribution is 2.35. The predicted molar refractivity (Wildman–Crippen MR) is 96.8 cm³/mol. The largest absolute Gasteiger partial charge is 0.493 e. The molecule has 0 unspecified atom stereocenters. The summed E-state index contributed by atoms with van der Waals surface area (Å²) in [5.41, 5.74) is -0.632. The fraction of sp³-hybridized carbons (Fsp3) is 0.188. The number of amides is 2. The van der Waals surface area contributed by atoms with Crippen LogP contribution in [-0.2, 0) is 9.59 Å². The van der Waals surface area contributed by atoms with Crippen LogP contribution in [0.15, 0.2) is 30.4 Å². The minimum absolute atomic E-state index is 0.0116. The number of hydrogen-bond acceptors (Lipinski definition) is 7. The lowest BCUT2D eigenvalue weighted by Crippen LogP contribution is -2.53. The van der Waals surface area contributed by atoms with Crippen molar-refractivity contribution in [2.75, 3.05) is 20.8 Å². The zero-order valence-corrected chi connectivity index (χ0v) is 14.8. The number of thiocarbonyl (C=S) groups is 1. The van der Waals surface area contributed by atoms with E-state index in [0.717, 1.165) is 17.0 Å². The van der Waals surface area contributed by atoms with Crippen molar-refractivity contribution in [3.8, 4) is 11.5 Å². The van der Waals surface area contributed by atoms with E-state index in [1.807, 2.05) is 0 Å². The van der Waals surface area contributed by atoms with Crippen LogP contribution in [-0.4, -0.2) is 47.5 Å². The van der Waals surface area contributed by atoms with Crippen LogP contribution in [0.2, 0.25) is 0 Å². The maximum absolute atomic E-state index is 12.5. The van der Waals surface area contributed by atoms with Crippen LogP contribution in [0.5, 0.6) is 11.5 Å². The molecule has 1 aliphatic heterocycles. The summed E-state index contributed by atoms with van der Waals surface area (Å²) < 4.78 is 10.2. The van der Waals surface area contributed by atoms with Crippen LogP contribution in [0.3, 0.4) is 0 Å². The number of carbonyl (C=O) groups is 2. The van der Waals surface area contributed by atoms with Crippen molar-refractivity contribution in [3.63, 3.8) is 0 Å². The molecule has 136 valence electrons. The second-order valence-corrected chi connectivity index (χ2v) is 5.43. The average molecular weight is 377 g/mol. The highest BCUT2D eigenvalue weighted by atomic mass is 32.1. The van der Waals surface area contributed by atoms with E-state index >= 15 is 0 Å². The monoisotopic (exact) mass is 377 g/mol. The van der Waals surface area contributed by atoms with Crippen molar-refractivity contribution in [2.45, 2.75) is 0 Å². The Morgan fingerprint density at radius 3 is 2.46 bits per heavy atom. The lowest BCUT2D eigenvalue weighted by atomic mass is 10.0. The molecule has 1 aliphatic rings. The van der Waals surface area contributed by atoms with Crippen LogP contribution in [0.1, 0.15) is 5.56 Å². The van der Waals surface area contributed by atoms with Gasteiger partial charge in [0.05, 0.1) is 30.8 Å². The topological polar surface area (TPSA) is 111 Å². The zero-order chi connectivity index (χ0) is 19.4. The number of nitrogens with zero attached hydrogens (tertiary/aromatic N) is 2. The van der Waals surface area contributed by atoms with Crippen molar-refractivity contribution in [2.24, 2.45) is 0 Å². The maximum atomic E-state index is 12.5. The normalized spacial score (nSPS) is 15.7. The highest BCUT2D eigenvalue weighted by Gasteiger charge is 2.33. The van der Waals surface area contributed by atoms with Gasteiger partial charge in [-0.15, -0.1) is 6.58 Å². The SMILES string of the molecule is C=CCN1C(=O)C(=Cc2cc(OC)c(OC)cc2[N+](=O)[O-])C(=O)NC1=S. The van der Waals surface area contributed by atoms with Gasteiger partial charge in [0.15, 0.2) is 16.6 Å². The number of methoxy groups -OCH3 is 2. The summed E-state index contributed by atoms with van der Waals surface area (Å²) in [7, 11) is 2.70. The van der Waals surface area contributed by atoms with E-state index in [0.29, 0.717) is 0 Å². The van der Waals surface area contributed by atoms with Gasteiger partial charge in [0.2, 0.25) is 0 Å². The molecule has 1 aromatic rings. The first kappa shape index (κ1) is 19.1. The van der Waals surface area contributed by atoms with Crippen molar-refractivity contribution in [3.05, 3.63) is 46.0 Å². The minimum atomic E-state index is -0.746. The maximum Gasteiger partial charge on any atom is 0.280 e. The summed E-state index contributed by atoms with van der Waals surface area (Å²) in [6.45, 7) is 3.61. The molecule has 9 nitrogen and oxygen atoms in total. The molecule has 0 bridgehead atoms. The Morgan fingerprint density at radius 2 is 1.92 bits per heavy atom. The molecule has 2 rings (SSSR count). The van der Waals surface area contributed by atoms with Gasteiger partial charge in [0, 0.05) is 6.54 Å². The molecule has 2 amide bonds. The summed E-state index contributed by atoms with van der Waals surface area (Å²) >= 11 is 4.96. The van der Waals surface area contributed by atoms with Gasteiger partial charge in [-0.3, -0.25) is 29.9 Å². The van der Waals surface area contributed by atoms with E-state index in [4.69, 9.17) is 21.7 Å². The van der Waals surface area contributed by atoms with Crippen molar-refractivity contribution < 1.29 is 24.0 Å². The number of nitro benzene ring substituents is 1. The van der Waals surface area contributed by atoms with Gasteiger partial charge in [-0.1, -0.05) is 6.08 Å². The third-order valence-electron chi connectivity index (χ3n) is 3.53. The molecular weight excluding hydrogens is 362 g/mol. The van der Waals surface area contributed by atoms with Gasteiger partial charge in [-0.2, -0.15) is 0 Å². The van der Waals surface area contributed by atoms with Crippen molar-refractivity contribution >= 4 is 40.9 Å². The zero-order valence-electron chi connectivity index (χ0n) is 14.0. The first-order valence-electron chi connectivity index (χ1n) is 7.24. The molecule has 0 spiro atoms. The molecule has 0 atom stereocenters. The number of hydrogen-bond donors (Lipinski definition) is 1. The van der Waals surface area contributed by atoms with E-state index in [9.17, 15) is 19.7 Å². The Hall–Kier alpha value is -3.27. The molecule has 0 aliphatic carbocycles. The van der Waals surface area contributed by atoms with Crippen molar-refractivity contribution in [1.82, 2.24) is 10.2 Å². The highest BCUT2D eigenvalue weighted by molar-refractivity contribution is 7.80. The van der Waals surface area contributed by atoms with Crippen LogP contribution in [0.25, 0.3) is 6.08 Å². The van der Waals surface area contributed by atoms with Crippen LogP contribution in [0, 0.1) is 10.1 Å². The summed E-state index contributed by atoms with van der Waals surface area (Å²) in [6, 6.07) is 2.47. The smallest absolute Gasteiger partial charge is 0.280 e. The number of ether oxygens (including phenoxy) is 2. The lowest BCUT2D eigenvalue weighted by Gasteiger charge is -2.27. The van der Waals surface area contributed by atoms with Crippen molar-refractivity contribution in [1.29, 1.82) is 0 Å². The second kappa shape index (κ2) is 7.74. The minimum Gasteiger partial charge on any atom is -0.493 e. The summed E-state index contributed by atoms with van der Waals surface area (Å²) in [4.78, 5) is 36.5. The predicted octanol–water partition coefficient (Wildman–Crippen LogP) is 1.42. The Labute approximate surface area is 154 Å². The molecular formula is C16H15N3O6S. The van der Waals surface area contributed by atoms with Gasteiger partial charge in [0.1, 0.15) is 5.57 Å². The first-order chi connectivity index (χ1) is 12.3. The second-order valence-electron chi connectivity index (χ2n) is 5.04. The Balaban J connectivity index is 2.61. The van der Waals surface area contributed by atoms with Gasteiger partial charge >= 0.3 is 0 Å². The molecule has 0 aromatic heterocycles. The standard InChI is InChI=1S/C16H15N3O6S/c1-4-5-18-15(21)10(14(20)17-16(18)26)6-9-7-12(24-2)13(25-3)8-11(9)19(22)23/h4,6-8H,1,5H2,2-3H3,(H,17,20,26). The van der Waals surface area contributed by atoms with E-state index in [1.54, 1.807) is 0 Å². The van der Waals surface area contributed by atoms with Gasteiger partial charge in [-0.05, 0) is 24.4 Å². The van der Waals surface area contributed by atoms with Crippen LogP contribution in [0.4, 0.5) is 5.69 Å². The molecule has 0 radical (unpaired) electrons. The average Bonchev–Trinajstić information content (AvgIpc) is 2.61. The fourth-order valence-electron chi connectivity index (χ4n) is 2.30. The van der Waals surface area contributed by atoms with E-state index in [-0.39, 0.29) is 40.0 Å². The van der Waals surface area contributed by atoms with Gasteiger partial charge in [-0.25, -0.2) is 0 Å². The molecule has 1 saturated heterocycles. The van der Waals surface area contributed by atoms with Gasteiger partial charge in [0.25, 0.3) is 17.5 Å². The molecule has 1 fully saturated rings.